The van der Waals surface area contributed by atoms with E-state index in [2.05, 4.69) is 27.0 Å². The van der Waals surface area contributed by atoms with Crippen LogP contribution < -0.4 is 0 Å². The Hall–Kier alpha value is -0.980. The highest BCUT2D eigenvalue weighted by Crippen LogP contribution is 2.12. The van der Waals surface area contributed by atoms with Crippen LogP contribution in [0.1, 0.15) is 27.7 Å². The Morgan fingerprint density at radius 1 is 1.31 bits per heavy atom. The van der Waals surface area contributed by atoms with Crippen LogP contribution in [0.3, 0.4) is 0 Å². The fourth-order valence-corrected chi connectivity index (χ4v) is 0.706. The van der Waals surface area contributed by atoms with E-state index in [1.54, 1.807) is 7.11 Å². The van der Waals surface area contributed by atoms with Crippen molar-refractivity contribution in [1.82, 2.24) is 0 Å². The van der Waals surface area contributed by atoms with E-state index in [0.29, 0.717) is 11.7 Å². The molecule has 13 heavy (non-hydrogen) atoms. The first-order valence-electron chi connectivity index (χ1n) is 4.68. The van der Waals surface area contributed by atoms with Crippen molar-refractivity contribution in [3.8, 4) is 0 Å². The lowest BCUT2D eigenvalue weighted by Gasteiger charge is -2.06. The molecule has 0 aliphatic heterocycles. The van der Waals surface area contributed by atoms with Gasteiger partial charge in [-0.2, -0.15) is 0 Å². The minimum absolute atomic E-state index is 0.472. The molecule has 0 saturated heterocycles. The molecule has 0 saturated carbocycles. The molecule has 0 bridgehead atoms. The Kier molecular flexibility index (Phi) is 10.2. The van der Waals surface area contributed by atoms with Crippen LogP contribution in [-0.4, -0.2) is 7.11 Å². The van der Waals surface area contributed by atoms with Crippen LogP contribution in [-0.2, 0) is 4.74 Å². The van der Waals surface area contributed by atoms with Crippen molar-refractivity contribution in [3.63, 3.8) is 0 Å². The molecule has 0 unspecified atom stereocenters. The number of hydrogen-bond acceptors (Lipinski definition) is 1. The van der Waals surface area contributed by atoms with E-state index < -0.39 is 0 Å². The molecule has 1 heteroatoms. The zero-order valence-electron chi connectivity index (χ0n) is 9.55. The Labute approximate surface area is 82.8 Å². The molecule has 1 nitrogen and oxygen atoms in total. The molecule has 0 N–H and O–H groups in total. The van der Waals surface area contributed by atoms with Crippen LogP contribution in [0.25, 0.3) is 0 Å². The molecule has 0 fully saturated rings. The lowest BCUT2D eigenvalue weighted by molar-refractivity contribution is 0.308. The van der Waals surface area contributed by atoms with E-state index in [1.165, 1.54) is 0 Å². The topological polar surface area (TPSA) is 9.23 Å². The van der Waals surface area contributed by atoms with Gasteiger partial charge >= 0.3 is 0 Å². The summed E-state index contributed by atoms with van der Waals surface area (Å²) in [6.45, 7) is 15.6. The average Bonchev–Trinajstić information content (AvgIpc) is 2.16. The molecule has 0 heterocycles. The lowest BCUT2D eigenvalue weighted by atomic mass is 10.0. The standard InChI is InChI=1S/C10H16O.C2H6/c1-6-10(8(2)3)7-9(4)11-5;1-2/h6-8H,1,4H2,2-3,5H3;1-2H3/b10-7+;. The second-order valence-corrected chi connectivity index (χ2v) is 2.67. The van der Waals surface area contributed by atoms with Crippen LogP contribution in [0.5, 0.6) is 0 Å². The molecule has 0 aliphatic carbocycles. The van der Waals surface area contributed by atoms with Gasteiger partial charge in [-0.25, -0.2) is 0 Å². The predicted octanol–water partition coefficient (Wildman–Crippen LogP) is 3.94. The van der Waals surface area contributed by atoms with Crippen molar-refractivity contribution in [2.75, 3.05) is 7.11 Å². The summed E-state index contributed by atoms with van der Waals surface area (Å²) in [4.78, 5) is 0. The second kappa shape index (κ2) is 9.11. The van der Waals surface area contributed by atoms with Gasteiger partial charge in [-0.15, -0.1) is 0 Å². The lowest BCUT2D eigenvalue weighted by Crippen LogP contribution is -1.91. The van der Waals surface area contributed by atoms with E-state index in [1.807, 2.05) is 26.0 Å². The molecule has 0 amide bonds. The minimum atomic E-state index is 0.472. The van der Waals surface area contributed by atoms with Gasteiger partial charge in [0.1, 0.15) is 5.76 Å². The maximum atomic E-state index is 4.91. The van der Waals surface area contributed by atoms with E-state index in [-0.39, 0.29) is 0 Å². The van der Waals surface area contributed by atoms with E-state index >= 15 is 0 Å². The van der Waals surface area contributed by atoms with Gasteiger partial charge in [0.15, 0.2) is 0 Å². The largest absolute Gasteiger partial charge is 0.497 e. The van der Waals surface area contributed by atoms with Crippen LogP contribution in [0.4, 0.5) is 0 Å². The van der Waals surface area contributed by atoms with Gasteiger partial charge in [0.2, 0.25) is 0 Å². The summed E-state index contributed by atoms with van der Waals surface area (Å²) < 4.78 is 4.91. The zero-order valence-corrected chi connectivity index (χ0v) is 9.55. The fraction of sp³-hybridized carbons (Fsp3) is 0.500. The fourth-order valence-electron chi connectivity index (χ4n) is 0.706. The van der Waals surface area contributed by atoms with Crippen LogP contribution >= 0.6 is 0 Å². The first-order chi connectivity index (χ1) is 6.11. The van der Waals surface area contributed by atoms with E-state index in [9.17, 15) is 0 Å². The number of hydrogen-bond donors (Lipinski definition) is 0. The van der Waals surface area contributed by atoms with Crippen molar-refractivity contribution < 1.29 is 4.74 Å². The summed E-state index contributed by atoms with van der Waals surface area (Å²) in [6, 6.07) is 0. The molecule has 0 spiro atoms. The van der Waals surface area contributed by atoms with Gasteiger partial charge < -0.3 is 4.74 Å². The molecular formula is C12H22O. The molecule has 0 atom stereocenters. The Morgan fingerprint density at radius 2 is 1.77 bits per heavy atom. The minimum Gasteiger partial charge on any atom is -0.497 e. The summed E-state index contributed by atoms with van der Waals surface area (Å²) in [5.74, 6) is 1.15. The second-order valence-electron chi connectivity index (χ2n) is 2.67. The average molecular weight is 182 g/mol. The predicted molar refractivity (Wildman–Crippen MR) is 60.6 cm³/mol. The molecule has 0 aromatic rings. The third-order valence-corrected chi connectivity index (χ3v) is 1.49. The molecule has 0 aliphatic rings. The maximum absolute atomic E-state index is 4.91. The third-order valence-electron chi connectivity index (χ3n) is 1.49. The Balaban J connectivity index is 0. The van der Waals surface area contributed by atoms with Crippen molar-refractivity contribution in [1.29, 1.82) is 0 Å². The normalized spacial score (nSPS) is 10.2. The maximum Gasteiger partial charge on any atom is 0.111 e. The van der Waals surface area contributed by atoms with Gasteiger partial charge in [-0.1, -0.05) is 46.9 Å². The van der Waals surface area contributed by atoms with E-state index in [0.717, 1.165) is 5.57 Å². The molecule has 0 aromatic carbocycles. The van der Waals surface area contributed by atoms with Crippen molar-refractivity contribution in [3.05, 3.63) is 36.6 Å². The molecular weight excluding hydrogens is 160 g/mol. The highest BCUT2D eigenvalue weighted by atomic mass is 16.5. The number of allylic oxidation sites excluding steroid dienone is 3. The molecule has 0 aromatic heterocycles. The van der Waals surface area contributed by atoms with Gasteiger partial charge in [-0.3, -0.25) is 0 Å². The molecule has 0 rings (SSSR count). The van der Waals surface area contributed by atoms with Gasteiger partial charge in [0.05, 0.1) is 7.11 Å². The quantitative estimate of drug-likeness (QED) is 0.472. The Bertz CT molecular complexity index is 176. The summed E-state index contributed by atoms with van der Waals surface area (Å²) >= 11 is 0. The SMILES string of the molecule is C=C/C(=C\C(=C)OC)C(C)C.CC. The van der Waals surface area contributed by atoms with E-state index in [4.69, 9.17) is 4.74 Å². The summed E-state index contributed by atoms with van der Waals surface area (Å²) in [6.07, 6.45) is 3.73. The number of ether oxygens (including phenoxy) is 1. The van der Waals surface area contributed by atoms with Crippen molar-refractivity contribution in [2.24, 2.45) is 5.92 Å². The summed E-state index contributed by atoms with van der Waals surface area (Å²) in [5.41, 5.74) is 1.15. The number of rotatable bonds is 4. The third kappa shape index (κ3) is 7.38. The monoisotopic (exact) mass is 182 g/mol. The van der Waals surface area contributed by atoms with Crippen LogP contribution in [0.15, 0.2) is 36.6 Å². The van der Waals surface area contributed by atoms with Gasteiger partial charge in [0, 0.05) is 0 Å². The first-order valence-corrected chi connectivity index (χ1v) is 4.68. The van der Waals surface area contributed by atoms with Gasteiger partial charge in [-0.05, 0) is 17.6 Å². The van der Waals surface area contributed by atoms with Crippen molar-refractivity contribution >= 4 is 0 Å². The van der Waals surface area contributed by atoms with Crippen LogP contribution in [0.2, 0.25) is 0 Å². The summed E-state index contributed by atoms with van der Waals surface area (Å²) in [7, 11) is 1.61. The molecule has 76 valence electrons. The van der Waals surface area contributed by atoms with Crippen LogP contribution in [0, 0.1) is 5.92 Å². The molecule has 0 radical (unpaired) electrons. The Morgan fingerprint density at radius 3 is 2.00 bits per heavy atom. The summed E-state index contributed by atoms with van der Waals surface area (Å²) in [5, 5.41) is 0. The number of methoxy groups -OCH3 is 1. The highest BCUT2D eigenvalue weighted by Gasteiger charge is 1.98. The zero-order chi connectivity index (χ0) is 10.9. The van der Waals surface area contributed by atoms with Gasteiger partial charge in [0.25, 0.3) is 0 Å². The highest BCUT2D eigenvalue weighted by molar-refractivity contribution is 5.25. The smallest absolute Gasteiger partial charge is 0.111 e. The first kappa shape index (κ1) is 14.5. The van der Waals surface area contributed by atoms with Crippen molar-refractivity contribution in [2.45, 2.75) is 27.7 Å².